The first-order chi connectivity index (χ1) is 7.25. The van der Waals surface area contributed by atoms with Gasteiger partial charge in [0.05, 0.1) is 0 Å². The molecule has 0 radical (unpaired) electrons. The van der Waals surface area contributed by atoms with Crippen molar-refractivity contribution < 1.29 is 4.79 Å². The Morgan fingerprint density at radius 3 is 2.73 bits per heavy atom. The lowest BCUT2D eigenvalue weighted by Crippen LogP contribution is -2.14. The monoisotopic (exact) mass is 201 g/mol. The van der Waals surface area contributed by atoms with Crippen molar-refractivity contribution in [3.63, 3.8) is 0 Å². The van der Waals surface area contributed by atoms with Gasteiger partial charge in [0.25, 0.3) is 0 Å². The second kappa shape index (κ2) is 3.16. The topological polar surface area (TPSA) is 30.0 Å². The van der Waals surface area contributed by atoms with Gasteiger partial charge in [-0.1, -0.05) is 0 Å². The number of hydrogen-bond acceptors (Lipinski definition) is 2. The van der Waals surface area contributed by atoms with E-state index in [0.717, 1.165) is 35.8 Å². The Morgan fingerprint density at radius 2 is 2.07 bits per heavy atom. The maximum atomic E-state index is 12.2. The van der Waals surface area contributed by atoms with Gasteiger partial charge in [0.2, 0.25) is 0 Å². The minimum atomic E-state index is 0.289. The van der Waals surface area contributed by atoms with Crippen LogP contribution in [0.5, 0.6) is 0 Å². The highest BCUT2D eigenvalue weighted by Crippen LogP contribution is 2.54. The lowest BCUT2D eigenvalue weighted by Gasteiger charge is -2.11. The zero-order chi connectivity index (χ0) is 10.4. The van der Waals surface area contributed by atoms with Crippen LogP contribution in [0.4, 0.5) is 0 Å². The third-order valence-electron chi connectivity index (χ3n) is 3.92. The molecular weight excluding hydrogens is 186 g/mol. The van der Waals surface area contributed by atoms with Crippen molar-refractivity contribution in [2.75, 3.05) is 0 Å². The third-order valence-corrected chi connectivity index (χ3v) is 3.92. The van der Waals surface area contributed by atoms with Gasteiger partial charge in [-0.25, -0.2) is 0 Å². The van der Waals surface area contributed by atoms with E-state index in [4.69, 9.17) is 0 Å². The van der Waals surface area contributed by atoms with E-state index < -0.39 is 0 Å². The highest BCUT2D eigenvalue weighted by atomic mass is 16.1. The zero-order valence-corrected chi connectivity index (χ0v) is 8.94. The van der Waals surface area contributed by atoms with Gasteiger partial charge in [0.15, 0.2) is 5.78 Å². The van der Waals surface area contributed by atoms with Gasteiger partial charge in [-0.05, 0) is 49.7 Å². The van der Waals surface area contributed by atoms with Crippen LogP contribution in [-0.4, -0.2) is 10.8 Å². The predicted octanol–water partition coefficient (Wildman–Crippen LogP) is 2.62. The Morgan fingerprint density at radius 1 is 1.33 bits per heavy atom. The van der Waals surface area contributed by atoms with E-state index in [1.807, 2.05) is 13.0 Å². The molecule has 78 valence electrons. The third kappa shape index (κ3) is 1.48. The van der Waals surface area contributed by atoms with Gasteiger partial charge >= 0.3 is 0 Å². The van der Waals surface area contributed by atoms with Gasteiger partial charge in [-0.2, -0.15) is 0 Å². The molecule has 2 saturated carbocycles. The Labute approximate surface area is 89.7 Å². The van der Waals surface area contributed by atoms with Crippen molar-refractivity contribution in [3.05, 3.63) is 29.6 Å². The molecule has 0 bridgehead atoms. The van der Waals surface area contributed by atoms with E-state index in [9.17, 15) is 4.79 Å². The summed E-state index contributed by atoms with van der Waals surface area (Å²) < 4.78 is 0. The van der Waals surface area contributed by atoms with Crippen LogP contribution in [0.1, 0.15) is 35.2 Å². The number of aromatic nitrogens is 1. The van der Waals surface area contributed by atoms with Crippen molar-refractivity contribution in [2.45, 2.75) is 26.2 Å². The molecule has 2 aliphatic carbocycles. The number of Topliss-reactive ketones (excluding diaryl/α,β-unsaturated/α-hetero) is 1. The first-order valence-electron chi connectivity index (χ1n) is 5.70. The van der Waals surface area contributed by atoms with Gasteiger partial charge in [0, 0.05) is 23.9 Å². The molecule has 0 amide bonds. The van der Waals surface area contributed by atoms with Gasteiger partial charge in [0.1, 0.15) is 0 Å². The molecule has 1 heterocycles. The minimum Gasteiger partial charge on any atom is -0.294 e. The number of hydrogen-bond donors (Lipinski definition) is 0. The van der Waals surface area contributed by atoms with Crippen molar-refractivity contribution in [3.8, 4) is 0 Å². The number of pyridine rings is 1. The molecular formula is C13H15NO. The molecule has 1 aromatic rings. The van der Waals surface area contributed by atoms with Crippen LogP contribution in [0.3, 0.4) is 0 Å². The Balaban J connectivity index is 1.82. The standard InChI is InChI=1S/C13H15NO/c1-8-2-3-14-7-12(8)13(15)11-5-9-4-10(9)6-11/h2-3,7,9-11H,4-6H2,1H3. The Bertz CT molecular complexity index is 403. The molecule has 2 atom stereocenters. The fourth-order valence-electron chi connectivity index (χ4n) is 2.87. The maximum absolute atomic E-state index is 12.2. The summed E-state index contributed by atoms with van der Waals surface area (Å²) in [4.78, 5) is 16.2. The van der Waals surface area contributed by atoms with Crippen LogP contribution >= 0.6 is 0 Å². The molecule has 15 heavy (non-hydrogen) atoms. The molecule has 0 saturated heterocycles. The molecule has 2 heteroatoms. The highest BCUT2D eigenvalue weighted by Gasteiger charge is 2.48. The van der Waals surface area contributed by atoms with Crippen LogP contribution in [0.25, 0.3) is 0 Å². The van der Waals surface area contributed by atoms with Crippen LogP contribution in [0.2, 0.25) is 0 Å². The van der Waals surface area contributed by atoms with E-state index in [1.54, 1.807) is 12.4 Å². The maximum Gasteiger partial charge on any atom is 0.167 e. The summed E-state index contributed by atoms with van der Waals surface area (Å²) in [5, 5.41) is 0. The summed E-state index contributed by atoms with van der Waals surface area (Å²) in [7, 11) is 0. The Hall–Kier alpha value is -1.18. The summed E-state index contributed by atoms with van der Waals surface area (Å²) in [6, 6.07) is 1.92. The fraction of sp³-hybridized carbons (Fsp3) is 0.538. The Kier molecular flexibility index (Phi) is 1.91. The quantitative estimate of drug-likeness (QED) is 0.688. The average Bonchev–Trinajstić information content (AvgIpc) is 2.86. The molecule has 1 aromatic heterocycles. The summed E-state index contributed by atoms with van der Waals surface area (Å²) in [6.07, 6.45) is 7.09. The number of carbonyl (C=O) groups excluding carboxylic acids is 1. The van der Waals surface area contributed by atoms with E-state index in [0.29, 0.717) is 5.78 Å². The summed E-state index contributed by atoms with van der Waals surface area (Å²) >= 11 is 0. The molecule has 2 aliphatic rings. The molecule has 0 spiro atoms. The molecule has 2 nitrogen and oxygen atoms in total. The van der Waals surface area contributed by atoms with Crippen molar-refractivity contribution in [1.29, 1.82) is 0 Å². The summed E-state index contributed by atoms with van der Waals surface area (Å²) in [6.45, 7) is 1.99. The molecule has 0 aliphatic heterocycles. The first kappa shape index (κ1) is 9.08. The molecule has 2 fully saturated rings. The lowest BCUT2D eigenvalue weighted by molar-refractivity contribution is 0.0913. The van der Waals surface area contributed by atoms with Crippen LogP contribution in [-0.2, 0) is 0 Å². The second-order valence-corrected chi connectivity index (χ2v) is 4.98. The van der Waals surface area contributed by atoms with Crippen LogP contribution < -0.4 is 0 Å². The molecule has 0 N–H and O–H groups in total. The minimum absolute atomic E-state index is 0.289. The number of fused-ring (bicyclic) bond motifs is 1. The van der Waals surface area contributed by atoms with Gasteiger partial charge in [-0.15, -0.1) is 0 Å². The molecule has 0 aromatic carbocycles. The van der Waals surface area contributed by atoms with Crippen molar-refractivity contribution in [2.24, 2.45) is 17.8 Å². The first-order valence-corrected chi connectivity index (χ1v) is 5.70. The summed E-state index contributed by atoms with van der Waals surface area (Å²) in [5.41, 5.74) is 1.90. The smallest absolute Gasteiger partial charge is 0.167 e. The van der Waals surface area contributed by atoms with E-state index in [1.165, 1.54) is 6.42 Å². The average molecular weight is 201 g/mol. The lowest BCUT2D eigenvalue weighted by atomic mass is 9.92. The van der Waals surface area contributed by atoms with Gasteiger partial charge < -0.3 is 0 Å². The van der Waals surface area contributed by atoms with Crippen molar-refractivity contribution >= 4 is 5.78 Å². The molecule has 3 rings (SSSR count). The van der Waals surface area contributed by atoms with Crippen LogP contribution in [0, 0.1) is 24.7 Å². The number of carbonyl (C=O) groups is 1. The number of nitrogens with zero attached hydrogens (tertiary/aromatic N) is 1. The number of ketones is 1. The molecule has 2 unspecified atom stereocenters. The van der Waals surface area contributed by atoms with E-state index in [2.05, 4.69) is 4.98 Å². The van der Waals surface area contributed by atoms with Gasteiger partial charge in [-0.3, -0.25) is 9.78 Å². The number of aryl methyl sites for hydroxylation is 1. The SMILES string of the molecule is Cc1ccncc1C(=O)C1CC2CC2C1. The largest absolute Gasteiger partial charge is 0.294 e. The second-order valence-electron chi connectivity index (χ2n) is 4.98. The van der Waals surface area contributed by atoms with E-state index >= 15 is 0 Å². The van der Waals surface area contributed by atoms with Crippen LogP contribution in [0.15, 0.2) is 18.5 Å². The number of rotatable bonds is 2. The predicted molar refractivity (Wildman–Crippen MR) is 57.6 cm³/mol. The normalized spacial score (nSPS) is 32.5. The van der Waals surface area contributed by atoms with Crippen molar-refractivity contribution in [1.82, 2.24) is 4.98 Å². The zero-order valence-electron chi connectivity index (χ0n) is 8.94. The highest BCUT2D eigenvalue weighted by molar-refractivity contribution is 5.99. The van der Waals surface area contributed by atoms with E-state index in [-0.39, 0.29) is 5.92 Å². The summed E-state index contributed by atoms with van der Waals surface area (Å²) in [5.74, 6) is 2.36. The fourth-order valence-corrected chi connectivity index (χ4v) is 2.87.